The lowest BCUT2D eigenvalue weighted by Crippen LogP contribution is -2.14. The van der Waals surface area contributed by atoms with Gasteiger partial charge in [-0.2, -0.15) is 0 Å². The molecule has 0 saturated carbocycles. The normalized spacial score (nSPS) is 20.8. The summed E-state index contributed by atoms with van der Waals surface area (Å²) in [5, 5.41) is 0. The molecule has 1 amide bonds. The van der Waals surface area contributed by atoms with Crippen molar-refractivity contribution in [1.29, 1.82) is 0 Å². The summed E-state index contributed by atoms with van der Waals surface area (Å²) in [6.07, 6.45) is 3.40. The van der Waals surface area contributed by atoms with Gasteiger partial charge in [0, 0.05) is 6.54 Å². The highest BCUT2D eigenvalue weighted by Gasteiger charge is 2.38. The summed E-state index contributed by atoms with van der Waals surface area (Å²) >= 11 is 0. The topological polar surface area (TPSA) is 29.3 Å². The fourth-order valence-corrected chi connectivity index (χ4v) is 1.30. The van der Waals surface area contributed by atoms with Crippen molar-refractivity contribution in [2.24, 2.45) is 0 Å². The average Bonchev–Trinajstić information content (AvgIpc) is 2.80. The number of amides is 1. The Kier molecular flexibility index (Phi) is 3.38. The van der Waals surface area contributed by atoms with Gasteiger partial charge in [0.2, 0.25) is 0 Å². The zero-order valence-corrected chi connectivity index (χ0v) is 7.88. The number of hydrogen-bond acceptors (Lipinski definition) is 2. The second-order valence-corrected chi connectivity index (χ2v) is 3.15. The van der Waals surface area contributed by atoms with Crippen molar-refractivity contribution < 1.29 is 9.53 Å². The molecule has 3 nitrogen and oxygen atoms in total. The second-order valence-electron chi connectivity index (χ2n) is 3.15. The predicted octanol–water partition coefficient (Wildman–Crippen LogP) is 2.02. The molecule has 1 atom stereocenters. The molecule has 1 aliphatic rings. The third-order valence-corrected chi connectivity index (χ3v) is 2.11. The average molecular weight is 171 g/mol. The predicted molar refractivity (Wildman–Crippen MR) is 47.0 cm³/mol. The van der Waals surface area contributed by atoms with Crippen LogP contribution in [0.4, 0.5) is 4.79 Å². The first-order chi connectivity index (χ1) is 5.79. The largest absolute Gasteiger partial charge is 0.450 e. The zero-order chi connectivity index (χ0) is 8.97. The van der Waals surface area contributed by atoms with E-state index in [9.17, 15) is 4.79 Å². The van der Waals surface area contributed by atoms with Crippen LogP contribution in [0.15, 0.2) is 0 Å². The molecule has 1 saturated heterocycles. The van der Waals surface area contributed by atoms with Crippen molar-refractivity contribution in [2.45, 2.75) is 39.2 Å². The number of ether oxygens (including phenoxy) is 1. The molecular formula is C9H17NO2. The number of carbonyl (C=O) groups is 1. The van der Waals surface area contributed by atoms with E-state index < -0.39 is 0 Å². The zero-order valence-electron chi connectivity index (χ0n) is 7.88. The van der Waals surface area contributed by atoms with Crippen LogP contribution in [0.1, 0.15) is 33.1 Å². The maximum atomic E-state index is 11.1. The van der Waals surface area contributed by atoms with Crippen molar-refractivity contribution >= 4 is 6.09 Å². The molecule has 0 aromatic rings. The van der Waals surface area contributed by atoms with E-state index >= 15 is 0 Å². The van der Waals surface area contributed by atoms with E-state index in [-0.39, 0.29) is 6.09 Å². The summed E-state index contributed by atoms with van der Waals surface area (Å²) in [5.41, 5.74) is 0. The molecule has 1 aliphatic heterocycles. The Bertz CT molecular complexity index is 159. The van der Waals surface area contributed by atoms with Crippen LogP contribution < -0.4 is 0 Å². The van der Waals surface area contributed by atoms with E-state index in [2.05, 4.69) is 6.92 Å². The van der Waals surface area contributed by atoms with E-state index in [1.165, 1.54) is 12.8 Å². The van der Waals surface area contributed by atoms with Crippen LogP contribution in [0.25, 0.3) is 0 Å². The van der Waals surface area contributed by atoms with Crippen molar-refractivity contribution in [3.63, 3.8) is 0 Å². The third kappa shape index (κ3) is 2.40. The molecule has 0 aromatic carbocycles. The van der Waals surface area contributed by atoms with Gasteiger partial charge in [0.25, 0.3) is 0 Å². The van der Waals surface area contributed by atoms with Crippen LogP contribution in [0, 0.1) is 0 Å². The quantitative estimate of drug-likeness (QED) is 0.605. The summed E-state index contributed by atoms with van der Waals surface area (Å²) in [6.45, 7) is 5.38. The van der Waals surface area contributed by atoms with Crippen LogP contribution in [-0.2, 0) is 4.74 Å². The molecule has 0 radical (unpaired) electrons. The Balaban J connectivity index is 2.10. The summed E-state index contributed by atoms with van der Waals surface area (Å²) in [6, 6.07) is 0.476. The highest BCUT2D eigenvalue weighted by molar-refractivity contribution is 5.70. The number of rotatable bonds is 4. The Morgan fingerprint density at radius 2 is 2.33 bits per heavy atom. The molecular weight excluding hydrogens is 154 g/mol. The molecule has 0 bridgehead atoms. The molecule has 1 unspecified atom stereocenters. The maximum Gasteiger partial charge on any atom is 0.410 e. The minimum atomic E-state index is -0.140. The van der Waals surface area contributed by atoms with Gasteiger partial charge in [0.1, 0.15) is 0 Å². The first-order valence-corrected chi connectivity index (χ1v) is 4.73. The molecule has 0 aliphatic carbocycles. The Morgan fingerprint density at radius 1 is 1.58 bits per heavy atom. The molecule has 1 heterocycles. The van der Waals surface area contributed by atoms with E-state index in [4.69, 9.17) is 4.74 Å². The van der Waals surface area contributed by atoms with Gasteiger partial charge in [0.15, 0.2) is 0 Å². The summed E-state index contributed by atoms with van der Waals surface area (Å²) in [5.74, 6) is 0. The van der Waals surface area contributed by atoms with E-state index in [0.717, 1.165) is 13.0 Å². The molecule has 3 heteroatoms. The van der Waals surface area contributed by atoms with E-state index in [1.807, 2.05) is 6.92 Å². The lowest BCUT2D eigenvalue weighted by molar-refractivity contribution is 0.134. The van der Waals surface area contributed by atoms with Gasteiger partial charge in [-0.3, -0.25) is 0 Å². The van der Waals surface area contributed by atoms with Crippen LogP contribution in [0.2, 0.25) is 0 Å². The Morgan fingerprint density at radius 3 is 2.92 bits per heavy atom. The van der Waals surface area contributed by atoms with Crippen LogP contribution >= 0.6 is 0 Å². The molecule has 12 heavy (non-hydrogen) atoms. The maximum absolute atomic E-state index is 11.1. The van der Waals surface area contributed by atoms with Gasteiger partial charge in [-0.05, 0) is 13.3 Å². The standard InChI is InChI=1S/C9H17NO2/c1-3-5-6-8-7-10(8)9(11)12-4-2/h8H,3-7H2,1-2H3. The van der Waals surface area contributed by atoms with Gasteiger partial charge >= 0.3 is 6.09 Å². The lowest BCUT2D eigenvalue weighted by Gasteiger charge is -2.03. The van der Waals surface area contributed by atoms with Crippen LogP contribution in [0.3, 0.4) is 0 Å². The van der Waals surface area contributed by atoms with Crippen LogP contribution in [-0.4, -0.2) is 30.2 Å². The van der Waals surface area contributed by atoms with Crippen molar-refractivity contribution in [1.82, 2.24) is 4.90 Å². The van der Waals surface area contributed by atoms with Crippen molar-refractivity contribution in [2.75, 3.05) is 13.2 Å². The number of carbonyl (C=O) groups excluding carboxylic acids is 1. The Hall–Kier alpha value is -0.730. The Labute approximate surface area is 73.7 Å². The van der Waals surface area contributed by atoms with Gasteiger partial charge in [-0.15, -0.1) is 0 Å². The minimum Gasteiger partial charge on any atom is -0.450 e. The van der Waals surface area contributed by atoms with E-state index in [1.54, 1.807) is 4.90 Å². The monoisotopic (exact) mass is 171 g/mol. The van der Waals surface area contributed by atoms with Gasteiger partial charge in [0.05, 0.1) is 12.6 Å². The van der Waals surface area contributed by atoms with Crippen molar-refractivity contribution in [3.05, 3.63) is 0 Å². The number of unbranched alkanes of at least 4 members (excludes halogenated alkanes) is 1. The van der Waals surface area contributed by atoms with Gasteiger partial charge < -0.3 is 9.64 Å². The minimum absolute atomic E-state index is 0.140. The first kappa shape index (κ1) is 9.36. The van der Waals surface area contributed by atoms with E-state index in [0.29, 0.717) is 12.6 Å². The number of nitrogens with zero attached hydrogens (tertiary/aromatic N) is 1. The van der Waals surface area contributed by atoms with Crippen LogP contribution in [0.5, 0.6) is 0 Å². The molecule has 0 N–H and O–H groups in total. The molecule has 1 rings (SSSR count). The lowest BCUT2D eigenvalue weighted by atomic mass is 10.2. The first-order valence-electron chi connectivity index (χ1n) is 4.73. The summed E-state index contributed by atoms with van der Waals surface area (Å²) in [4.78, 5) is 12.9. The fourth-order valence-electron chi connectivity index (χ4n) is 1.30. The SMILES string of the molecule is CCCCC1CN1C(=O)OCC. The third-order valence-electron chi connectivity index (χ3n) is 2.11. The van der Waals surface area contributed by atoms with Crippen molar-refractivity contribution in [3.8, 4) is 0 Å². The molecule has 70 valence electrons. The molecule has 0 spiro atoms. The second kappa shape index (κ2) is 4.33. The smallest absolute Gasteiger partial charge is 0.410 e. The summed E-state index contributed by atoms with van der Waals surface area (Å²) in [7, 11) is 0. The highest BCUT2D eigenvalue weighted by Crippen LogP contribution is 2.23. The van der Waals surface area contributed by atoms with Gasteiger partial charge in [-0.1, -0.05) is 19.8 Å². The molecule has 0 aromatic heterocycles. The fraction of sp³-hybridized carbons (Fsp3) is 0.889. The summed E-state index contributed by atoms with van der Waals surface area (Å²) < 4.78 is 4.86. The number of hydrogen-bond donors (Lipinski definition) is 0. The van der Waals surface area contributed by atoms with Gasteiger partial charge in [-0.25, -0.2) is 4.79 Å². The highest BCUT2D eigenvalue weighted by atomic mass is 16.6. The molecule has 1 fully saturated rings.